The van der Waals surface area contributed by atoms with E-state index in [0.29, 0.717) is 17.0 Å². The number of dihydropyridines is 1. The average Bonchev–Trinajstić information content (AvgIpc) is 2.63. The number of alkyl halides is 3. The molecule has 29 heavy (non-hydrogen) atoms. The van der Waals surface area contributed by atoms with Crippen molar-refractivity contribution in [2.75, 3.05) is 7.11 Å². The van der Waals surface area contributed by atoms with Gasteiger partial charge in [0.15, 0.2) is 6.29 Å². The predicted molar refractivity (Wildman–Crippen MR) is 100 cm³/mol. The average molecular weight is 433 g/mol. The Kier molecular flexibility index (Phi) is 7.69. The van der Waals surface area contributed by atoms with Gasteiger partial charge in [0.05, 0.1) is 17.6 Å². The van der Waals surface area contributed by atoms with Crippen LogP contribution in [0.5, 0.6) is 0 Å². The highest BCUT2D eigenvalue weighted by atomic mass is 35.5. The molecule has 0 fully saturated rings. The zero-order valence-electron chi connectivity index (χ0n) is 15.9. The van der Waals surface area contributed by atoms with Gasteiger partial charge in [-0.1, -0.05) is 17.7 Å². The van der Waals surface area contributed by atoms with E-state index in [1.165, 1.54) is 19.2 Å². The van der Waals surface area contributed by atoms with Gasteiger partial charge in [-0.25, -0.2) is 4.39 Å². The third kappa shape index (κ3) is 5.72. The number of ether oxygens (including phenoxy) is 1. The van der Waals surface area contributed by atoms with Gasteiger partial charge in [-0.2, -0.15) is 18.4 Å². The Morgan fingerprint density at radius 1 is 1.34 bits per heavy atom. The summed E-state index contributed by atoms with van der Waals surface area (Å²) in [5.41, 5.74) is 1.86. The maximum absolute atomic E-state index is 13.5. The summed E-state index contributed by atoms with van der Waals surface area (Å²) in [6.45, 7) is 1.65. The van der Waals surface area contributed by atoms with E-state index in [0.717, 1.165) is 6.07 Å². The lowest BCUT2D eigenvalue weighted by Crippen LogP contribution is -2.32. The Bertz CT molecular complexity index is 859. The Labute approximate surface area is 171 Å². The largest absolute Gasteiger partial charge is 0.389 e. The first-order valence-electron chi connectivity index (χ1n) is 8.92. The SMILES string of the molecule is COC(O)C1=C(CCCCC(F)(F)F)NC(C)=C(C#N)C1c1ccc(F)cc1Cl. The summed E-state index contributed by atoms with van der Waals surface area (Å²) in [6.07, 6.45) is -6.24. The molecule has 1 aromatic carbocycles. The summed E-state index contributed by atoms with van der Waals surface area (Å²) in [5, 5.41) is 23.2. The van der Waals surface area contributed by atoms with Crippen molar-refractivity contribution in [3.63, 3.8) is 0 Å². The molecule has 2 unspecified atom stereocenters. The Hall–Kier alpha value is -2.08. The van der Waals surface area contributed by atoms with Crippen molar-refractivity contribution in [2.45, 2.75) is 51.0 Å². The summed E-state index contributed by atoms with van der Waals surface area (Å²) in [4.78, 5) is 0. The van der Waals surface area contributed by atoms with Gasteiger partial charge >= 0.3 is 6.18 Å². The summed E-state index contributed by atoms with van der Waals surface area (Å²) in [5.74, 6) is -1.38. The molecule has 4 nitrogen and oxygen atoms in total. The minimum Gasteiger partial charge on any atom is -0.364 e. The standard InChI is InChI=1S/C20H21ClF4N2O2/c1-11-14(10-26)17(13-7-6-12(22)9-15(13)21)18(19(28)29-2)16(27-11)5-3-4-8-20(23,24)25/h6-7,9,17,19,27-28H,3-5,8H2,1-2H3. The number of aliphatic hydroxyl groups excluding tert-OH is 1. The van der Waals surface area contributed by atoms with E-state index in [4.69, 9.17) is 16.3 Å². The van der Waals surface area contributed by atoms with Crippen molar-refractivity contribution >= 4 is 11.6 Å². The second-order valence-corrected chi connectivity index (χ2v) is 7.13. The number of nitrogens with zero attached hydrogens (tertiary/aromatic N) is 1. The van der Waals surface area contributed by atoms with Crippen molar-refractivity contribution in [2.24, 2.45) is 0 Å². The number of unbranched alkanes of at least 4 members (excludes halogenated alkanes) is 1. The van der Waals surface area contributed by atoms with Crippen LogP contribution in [0, 0.1) is 17.1 Å². The van der Waals surface area contributed by atoms with Crippen molar-refractivity contribution in [1.29, 1.82) is 5.26 Å². The number of rotatable bonds is 7. The highest BCUT2D eigenvalue weighted by Crippen LogP contribution is 2.43. The van der Waals surface area contributed by atoms with Crippen LogP contribution < -0.4 is 5.32 Å². The van der Waals surface area contributed by atoms with Gasteiger partial charge in [-0.3, -0.25) is 0 Å². The molecule has 1 heterocycles. The molecule has 0 spiro atoms. The zero-order valence-corrected chi connectivity index (χ0v) is 16.7. The molecule has 1 aliphatic rings. The molecular formula is C20H21ClF4N2O2. The van der Waals surface area contributed by atoms with E-state index >= 15 is 0 Å². The molecule has 2 atom stereocenters. The van der Waals surface area contributed by atoms with Crippen LogP contribution in [0.15, 0.2) is 40.7 Å². The van der Waals surface area contributed by atoms with Gasteiger partial charge in [0.2, 0.25) is 0 Å². The Morgan fingerprint density at radius 3 is 2.59 bits per heavy atom. The van der Waals surface area contributed by atoms with Crippen LogP contribution in [0.1, 0.15) is 44.1 Å². The molecule has 0 saturated carbocycles. The van der Waals surface area contributed by atoms with E-state index in [9.17, 15) is 27.9 Å². The molecule has 0 bridgehead atoms. The second kappa shape index (κ2) is 9.61. The number of allylic oxidation sites excluding steroid dienone is 3. The lowest BCUT2D eigenvalue weighted by molar-refractivity contribution is -0.135. The maximum Gasteiger partial charge on any atom is 0.389 e. The van der Waals surface area contributed by atoms with Crippen LogP contribution in [-0.2, 0) is 4.74 Å². The number of benzene rings is 1. The first-order chi connectivity index (χ1) is 13.6. The summed E-state index contributed by atoms with van der Waals surface area (Å²) in [6, 6.07) is 5.78. The Balaban J connectivity index is 2.47. The van der Waals surface area contributed by atoms with Crippen molar-refractivity contribution in [3.05, 3.63) is 57.1 Å². The van der Waals surface area contributed by atoms with Crippen molar-refractivity contribution in [3.8, 4) is 6.07 Å². The third-order valence-electron chi connectivity index (χ3n) is 4.71. The van der Waals surface area contributed by atoms with E-state index in [2.05, 4.69) is 11.4 Å². The fraction of sp³-hybridized carbons (Fsp3) is 0.450. The third-order valence-corrected chi connectivity index (χ3v) is 5.04. The molecule has 158 valence electrons. The number of nitrogens with one attached hydrogen (secondary N) is 1. The van der Waals surface area contributed by atoms with E-state index < -0.39 is 30.6 Å². The van der Waals surface area contributed by atoms with Crippen LogP contribution >= 0.6 is 11.6 Å². The highest BCUT2D eigenvalue weighted by molar-refractivity contribution is 6.31. The smallest absolute Gasteiger partial charge is 0.364 e. The van der Waals surface area contributed by atoms with Gasteiger partial charge < -0.3 is 15.2 Å². The van der Waals surface area contributed by atoms with Gasteiger partial charge in [-0.15, -0.1) is 0 Å². The van der Waals surface area contributed by atoms with Gasteiger partial charge in [0, 0.05) is 35.5 Å². The molecule has 0 radical (unpaired) electrons. The van der Waals surface area contributed by atoms with Crippen molar-refractivity contribution in [1.82, 2.24) is 5.32 Å². The fourth-order valence-electron chi connectivity index (χ4n) is 3.37. The maximum atomic E-state index is 13.5. The van der Waals surface area contributed by atoms with E-state index in [1.807, 2.05) is 0 Å². The minimum absolute atomic E-state index is 0.0645. The highest BCUT2D eigenvalue weighted by Gasteiger charge is 2.35. The fourth-order valence-corrected chi connectivity index (χ4v) is 3.65. The van der Waals surface area contributed by atoms with Gasteiger partial charge in [-0.05, 0) is 43.9 Å². The molecule has 0 aliphatic carbocycles. The number of nitriles is 1. The summed E-state index contributed by atoms with van der Waals surface area (Å²) >= 11 is 6.21. The van der Waals surface area contributed by atoms with Crippen LogP contribution in [0.2, 0.25) is 5.02 Å². The predicted octanol–water partition coefficient (Wildman–Crippen LogP) is 5.31. The van der Waals surface area contributed by atoms with Gasteiger partial charge in [0.25, 0.3) is 0 Å². The number of methoxy groups -OCH3 is 1. The summed E-state index contributed by atoms with van der Waals surface area (Å²) in [7, 11) is 1.26. The molecule has 9 heteroatoms. The first-order valence-corrected chi connectivity index (χ1v) is 9.30. The molecule has 0 amide bonds. The lowest BCUT2D eigenvalue weighted by atomic mass is 9.79. The van der Waals surface area contributed by atoms with Gasteiger partial charge in [0.1, 0.15) is 5.82 Å². The zero-order chi connectivity index (χ0) is 21.8. The molecule has 0 saturated heterocycles. The normalized spacial score (nSPS) is 18.5. The van der Waals surface area contributed by atoms with Crippen molar-refractivity contribution < 1.29 is 27.4 Å². The van der Waals surface area contributed by atoms with Crippen LogP contribution in [-0.4, -0.2) is 24.7 Å². The topological polar surface area (TPSA) is 65.3 Å². The van der Waals surface area contributed by atoms with Crippen LogP contribution in [0.4, 0.5) is 17.6 Å². The molecular weight excluding hydrogens is 412 g/mol. The van der Waals surface area contributed by atoms with E-state index in [1.54, 1.807) is 6.92 Å². The minimum atomic E-state index is -4.24. The van der Waals surface area contributed by atoms with Crippen LogP contribution in [0.3, 0.4) is 0 Å². The second-order valence-electron chi connectivity index (χ2n) is 6.72. The Morgan fingerprint density at radius 2 is 2.03 bits per heavy atom. The first kappa shape index (κ1) is 23.2. The molecule has 2 N–H and O–H groups in total. The number of halogens is 5. The van der Waals surface area contributed by atoms with Crippen LogP contribution in [0.25, 0.3) is 0 Å². The molecule has 0 aromatic heterocycles. The molecule has 2 rings (SSSR count). The number of aliphatic hydroxyl groups is 1. The number of hydrogen-bond donors (Lipinski definition) is 2. The quantitative estimate of drug-likeness (QED) is 0.348. The molecule has 1 aromatic rings. The molecule has 1 aliphatic heterocycles. The number of hydrogen-bond acceptors (Lipinski definition) is 4. The monoisotopic (exact) mass is 432 g/mol. The van der Waals surface area contributed by atoms with E-state index in [-0.39, 0.29) is 35.4 Å². The lowest BCUT2D eigenvalue weighted by Gasteiger charge is -2.33. The summed E-state index contributed by atoms with van der Waals surface area (Å²) < 4.78 is 55.8.